The molecule has 1 aromatic heterocycles. The van der Waals surface area contributed by atoms with Crippen LogP contribution in [0.15, 0.2) is 47.3 Å². The average molecular weight is 348 g/mol. The van der Waals surface area contributed by atoms with Gasteiger partial charge in [0.1, 0.15) is 0 Å². The molecule has 3 rings (SSSR count). The van der Waals surface area contributed by atoms with Crippen molar-refractivity contribution < 1.29 is 8.42 Å². The zero-order valence-electron chi connectivity index (χ0n) is 13.3. The first kappa shape index (κ1) is 16.8. The third-order valence-electron chi connectivity index (χ3n) is 3.95. The first-order valence-electron chi connectivity index (χ1n) is 7.94. The zero-order valence-corrected chi connectivity index (χ0v) is 14.1. The maximum Gasteiger partial charge on any atom is 0.279 e. The van der Waals surface area contributed by atoms with Crippen LogP contribution in [0.2, 0.25) is 0 Å². The molecule has 0 aliphatic carbocycles. The highest BCUT2D eigenvalue weighted by atomic mass is 32.2. The summed E-state index contributed by atoms with van der Waals surface area (Å²) in [4.78, 5) is 11.9. The fourth-order valence-electron chi connectivity index (χ4n) is 2.67. The van der Waals surface area contributed by atoms with Crippen molar-refractivity contribution in [1.29, 1.82) is 0 Å². The summed E-state index contributed by atoms with van der Waals surface area (Å²) in [5, 5.41) is 4.32. The van der Waals surface area contributed by atoms with Crippen molar-refractivity contribution in [2.45, 2.75) is 19.4 Å². The summed E-state index contributed by atoms with van der Waals surface area (Å²) < 4.78 is 29.5. The van der Waals surface area contributed by atoms with Crippen LogP contribution >= 0.6 is 0 Å². The van der Waals surface area contributed by atoms with Gasteiger partial charge in [-0.05, 0) is 18.9 Å². The van der Waals surface area contributed by atoms with E-state index in [2.05, 4.69) is 9.82 Å². The molecule has 0 unspecified atom stereocenters. The van der Waals surface area contributed by atoms with Gasteiger partial charge in [-0.1, -0.05) is 30.3 Å². The van der Waals surface area contributed by atoms with Crippen LogP contribution in [0.1, 0.15) is 12.8 Å². The van der Waals surface area contributed by atoms with Gasteiger partial charge < -0.3 is 0 Å². The predicted octanol–water partition coefficient (Wildman–Crippen LogP) is 0.840. The predicted molar refractivity (Wildman–Crippen MR) is 91.7 cm³/mol. The molecule has 0 spiro atoms. The maximum absolute atomic E-state index is 12.1. The molecule has 24 heavy (non-hydrogen) atoms. The molecule has 2 aromatic rings. The second kappa shape index (κ2) is 7.25. The van der Waals surface area contributed by atoms with E-state index in [0.29, 0.717) is 18.8 Å². The summed E-state index contributed by atoms with van der Waals surface area (Å²) in [5.41, 5.74) is 1.33. The van der Waals surface area contributed by atoms with E-state index in [0.717, 1.165) is 18.4 Å². The normalized spacial score (nSPS) is 15.7. The Hall–Kier alpha value is -2.03. The van der Waals surface area contributed by atoms with Crippen LogP contribution in [-0.2, 0) is 16.8 Å². The zero-order chi connectivity index (χ0) is 17.0. The smallest absolute Gasteiger partial charge is 0.268 e. The Kier molecular flexibility index (Phi) is 5.08. The second-order valence-corrected chi connectivity index (χ2v) is 7.41. The number of rotatable bonds is 6. The minimum Gasteiger partial charge on any atom is -0.268 e. The molecule has 8 heteroatoms. The Morgan fingerprint density at radius 1 is 1.04 bits per heavy atom. The minimum absolute atomic E-state index is 0.129. The molecule has 1 aliphatic heterocycles. The van der Waals surface area contributed by atoms with Crippen LogP contribution in [0.3, 0.4) is 0 Å². The molecule has 1 saturated heterocycles. The van der Waals surface area contributed by atoms with Gasteiger partial charge in [-0.3, -0.25) is 4.79 Å². The van der Waals surface area contributed by atoms with E-state index in [1.807, 2.05) is 30.3 Å². The first-order chi connectivity index (χ1) is 11.6. The van der Waals surface area contributed by atoms with E-state index in [1.54, 1.807) is 6.07 Å². The van der Waals surface area contributed by atoms with E-state index in [1.165, 1.54) is 15.1 Å². The Bertz CT molecular complexity index is 843. The minimum atomic E-state index is -3.47. The molecule has 2 heterocycles. The summed E-state index contributed by atoms with van der Waals surface area (Å²) >= 11 is 0. The van der Waals surface area contributed by atoms with Crippen molar-refractivity contribution in [3.63, 3.8) is 0 Å². The number of nitrogens with zero attached hydrogens (tertiary/aromatic N) is 3. The monoisotopic (exact) mass is 348 g/mol. The van der Waals surface area contributed by atoms with E-state index < -0.39 is 10.2 Å². The number of hydrogen-bond donors (Lipinski definition) is 1. The maximum atomic E-state index is 12.1. The van der Waals surface area contributed by atoms with Crippen molar-refractivity contribution in [2.75, 3.05) is 19.6 Å². The van der Waals surface area contributed by atoms with Crippen LogP contribution in [0.4, 0.5) is 0 Å². The number of benzene rings is 1. The largest absolute Gasteiger partial charge is 0.279 e. The molecule has 128 valence electrons. The summed E-state index contributed by atoms with van der Waals surface area (Å²) in [6.45, 7) is 1.42. The molecule has 1 N–H and O–H groups in total. The van der Waals surface area contributed by atoms with E-state index in [-0.39, 0.29) is 18.6 Å². The van der Waals surface area contributed by atoms with Crippen LogP contribution in [0.5, 0.6) is 0 Å². The van der Waals surface area contributed by atoms with Gasteiger partial charge in [0, 0.05) is 31.3 Å². The molecule has 1 aromatic carbocycles. The lowest BCUT2D eigenvalue weighted by Crippen LogP contribution is -2.41. The van der Waals surface area contributed by atoms with Gasteiger partial charge in [0.05, 0.1) is 12.2 Å². The molecule has 1 aliphatic rings. The fourth-order valence-corrected chi connectivity index (χ4v) is 3.94. The topological polar surface area (TPSA) is 84.3 Å². The first-order valence-corrected chi connectivity index (χ1v) is 9.39. The van der Waals surface area contributed by atoms with Crippen LogP contribution in [0, 0.1) is 0 Å². The highest BCUT2D eigenvalue weighted by Gasteiger charge is 2.24. The van der Waals surface area contributed by atoms with Gasteiger partial charge in [-0.15, -0.1) is 0 Å². The van der Waals surface area contributed by atoms with E-state index in [9.17, 15) is 13.2 Å². The summed E-state index contributed by atoms with van der Waals surface area (Å²) in [7, 11) is -3.47. The Balaban J connectivity index is 1.68. The van der Waals surface area contributed by atoms with Gasteiger partial charge >= 0.3 is 0 Å². The number of nitrogens with one attached hydrogen (secondary N) is 1. The molecule has 1 fully saturated rings. The van der Waals surface area contributed by atoms with E-state index >= 15 is 0 Å². The van der Waals surface area contributed by atoms with Crippen molar-refractivity contribution in [3.8, 4) is 11.3 Å². The van der Waals surface area contributed by atoms with Crippen LogP contribution in [-0.4, -0.2) is 42.1 Å². The molecular weight excluding hydrogens is 328 g/mol. The van der Waals surface area contributed by atoms with Crippen molar-refractivity contribution in [2.24, 2.45) is 0 Å². The lowest BCUT2D eigenvalue weighted by atomic mass is 10.1. The summed E-state index contributed by atoms with van der Waals surface area (Å²) in [5.74, 6) is 0. The molecule has 0 amide bonds. The molecule has 0 radical (unpaired) electrons. The molecule has 0 bridgehead atoms. The Morgan fingerprint density at radius 3 is 2.46 bits per heavy atom. The number of hydrogen-bond acceptors (Lipinski definition) is 4. The highest BCUT2D eigenvalue weighted by Crippen LogP contribution is 2.14. The van der Waals surface area contributed by atoms with Crippen LogP contribution < -0.4 is 10.3 Å². The molecule has 0 atom stereocenters. The fraction of sp³-hybridized carbons (Fsp3) is 0.375. The van der Waals surface area contributed by atoms with Gasteiger partial charge in [0.25, 0.3) is 15.8 Å². The third kappa shape index (κ3) is 3.89. The molecule has 7 nitrogen and oxygen atoms in total. The lowest BCUT2D eigenvalue weighted by Gasteiger charge is -2.16. The summed E-state index contributed by atoms with van der Waals surface area (Å²) in [6.07, 6.45) is 1.78. The SMILES string of the molecule is O=c1ccc(-c2ccccc2)nn1CCNS(=O)(=O)N1CCCC1. The average Bonchev–Trinajstić information content (AvgIpc) is 3.13. The highest BCUT2D eigenvalue weighted by molar-refractivity contribution is 7.87. The Labute approximate surface area is 141 Å². The molecule has 0 saturated carbocycles. The number of aromatic nitrogens is 2. The van der Waals surface area contributed by atoms with Crippen LogP contribution in [0.25, 0.3) is 11.3 Å². The van der Waals surface area contributed by atoms with Crippen molar-refractivity contribution >= 4 is 10.2 Å². The standard InChI is InChI=1S/C16H20N4O3S/c21-16-9-8-15(14-6-2-1-3-7-14)18-20(16)13-10-17-24(22,23)19-11-4-5-12-19/h1-3,6-9,17H,4-5,10-13H2. The third-order valence-corrected chi connectivity index (χ3v) is 5.56. The van der Waals surface area contributed by atoms with Gasteiger partial charge in [-0.25, -0.2) is 9.40 Å². The van der Waals surface area contributed by atoms with Gasteiger partial charge in [0.2, 0.25) is 0 Å². The lowest BCUT2D eigenvalue weighted by molar-refractivity contribution is 0.459. The van der Waals surface area contributed by atoms with Crippen molar-refractivity contribution in [1.82, 2.24) is 18.8 Å². The van der Waals surface area contributed by atoms with Crippen molar-refractivity contribution in [3.05, 3.63) is 52.8 Å². The van der Waals surface area contributed by atoms with Gasteiger partial charge in [0.15, 0.2) is 0 Å². The second-order valence-electron chi connectivity index (χ2n) is 5.65. The van der Waals surface area contributed by atoms with E-state index in [4.69, 9.17) is 0 Å². The Morgan fingerprint density at radius 2 is 1.75 bits per heavy atom. The van der Waals surface area contributed by atoms with Gasteiger partial charge in [-0.2, -0.15) is 17.8 Å². The molecular formula is C16H20N4O3S. The quantitative estimate of drug-likeness (QED) is 0.838. The summed E-state index contributed by atoms with van der Waals surface area (Å²) in [6, 6.07) is 12.6.